The van der Waals surface area contributed by atoms with Gasteiger partial charge in [-0.2, -0.15) is 0 Å². The lowest BCUT2D eigenvalue weighted by atomic mass is 10.4. The Hall–Kier alpha value is 0.460. The van der Waals surface area contributed by atoms with Crippen molar-refractivity contribution < 1.29 is 4.79 Å². The minimum Gasteiger partial charge on any atom is -0.282 e. The Bertz CT molecular complexity index is 164. The molecule has 12 heavy (non-hydrogen) atoms. The summed E-state index contributed by atoms with van der Waals surface area (Å²) >= 11 is 5.39. The molecule has 1 heterocycles. The summed E-state index contributed by atoms with van der Waals surface area (Å²) in [5.74, 6) is 2.20. The first-order valence-electron chi connectivity index (χ1n) is 3.81. The molecule has 1 atom stereocenters. The average molecular weight is 220 g/mol. The highest BCUT2D eigenvalue weighted by molar-refractivity contribution is 8.19. The molecule has 0 radical (unpaired) electrons. The van der Waals surface area contributed by atoms with Crippen LogP contribution in [0.5, 0.6) is 0 Å². The van der Waals surface area contributed by atoms with Crippen LogP contribution in [-0.4, -0.2) is 27.0 Å². The average Bonchev–Trinajstić information content (AvgIpc) is 2.57. The fourth-order valence-electron chi connectivity index (χ4n) is 0.889. The number of carbonyl (C=O) groups excluding carboxylic acids is 1. The zero-order valence-corrected chi connectivity index (χ0v) is 9.27. The summed E-state index contributed by atoms with van der Waals surface area (Å²) in [6, 6.07) is 0. The highest BCUT2D eigenvalue weighted by Gasteiger charge is 2.15. The van der Waals surface area contributed by atoms with E-state index in [1.165, 1.54) is 28.7 Å². The van der Waals surface area contributed by atoms with E-state index in [1.54, 1.807) is 0 Å². The largest absolute Gasteiger partial charge is 0.282 e. The molecule has 1 saturated heterocycles. The Balaban J connectivity index is 2.01. The fourth-order valence-corrected chi connectivity index (χ4v) is 4.69. The standard InChI is InChI=1S/C8H12OS3/c1-2-8(9)11-4-3-7-5-10-6-12-7/h2,7H,1,3-6H2. The zero-order valence-electron chi connectivity index (χ0n) is 6.82. The number of carbonyl (C=O) groups is 1. The first-order valence-corrected chi connectivity index (χ1v) is 7.00. The molecule has 4 heteroatoms. The Kier molecular flexibility index (Phi) is 5.27. The predicted molar refractivity (Wildman–Crippen MR) is 61.0 cm³/mol. The van der Waals surface area contributed by atoms with Crippen LogP contribution in [0.15, 0.2) is 12.7 Å². The van der Waals surface area contributed by atoms with Crippen LogP contribution >= 0.6 is 35.3 Å². The molecule has 1 aliphatic heterocycles. The Morgan fingerprint density at radius 3 is 3.17 bits per heavy atom. The highest BCUT2D eigenvalue weighted by Crippen LogP contribution is 2.32. The number of hydrogen-bond acceptors (Lipinski definition) is 4. The molecule has 0 aromatic rings. The summed E-state index contributed by atoms with van der Waals surface area (Å²) in [7, 11) is 0. The Morgan fingerprint density at radius 2 is 2.58 bits per heavy atom. The van der Waals surface area contributed by atoms with Crippen molar-refractivity contribution in [3.8, 4) is 0 Å². The zero-order chi connectivity index (χ0) is 8.81. The molecule has 1 nitrogen and oxygen atoms in total. The summed E-state index contributed by atoms with van der Waals surface area (Å²) in [6.07, 6.45) is 2.54. The molecule has 0 saturated carbocycles. The van der Waals surface area contributed by atoms with Crippen molar-refractivity contribution in [3.05, 3.63) is 12.7 Å². The molecule has 0 aromatic carbocycles. The van der Waals surface area contributed by atoms with Gasteiger partial charge in [-0.15, -0.1) is 23.5 Å². The summed E-state index contributed by atoms with van der Waals surface area (Å²) < 4.78 is 0. The van der Waals surface area contributed by atoms with Crippen LogP contribution in [0.25, 0.3) is 0 Å². The molecule has 68 valence electrons. The third-order valence-electron chi connectivity index (χ3n) is 1.54. The van der Waals surface area contributed by atoms with Crippen molar-refractivity contribution in [3.63, 3.8) is 0 Å². The van der Waals surface area contributed by atoms with Crippen LogP contribution in [0.3, 0.4) is 0 Å². The molecule has 0 spiro atoms. The van der Waals surface area contributed by atoms with Gasteiger partial charge in [-0.25, -0.2) is 0 Å². The third-order valence-corrected chi connectivity index (χ3v) is 5.37. The molecular weight excluding hydrogens is 208 g/mol. The van der Waals surface area contributed by atoms with Gasteiger partial charge in [0.1, 0.15) is 0 Å². The van der Waals surface area contributed by atoms with Gasteiger partial charge in [0.2, 0.25) is 5.12 Å². The van der Waals surface area contributed by atoms with Gasteiger partial charge < -0.3 is 0 Å². The lowest BCUT2D eigenvalue weighted by Gasteiger charge is -2.04. The molecular formula is C8H12OS3. The lowest BCUT2D eigenvalue weighted by molar-refractivity contribution is -0.107. The minimum atomic E-state index is 0.102. The van der Waals surface area contributed by atoms with Crippen molar-refractivity contribution in [1.82, 2.24) is 0 Å². The van der Waals surface area contributed by atoms with Gasteiger partial charge in [0.25, 0.3) is 0 Å². The van der Waals surface area contributed by atoms with E-state index >= 15 is 0 Å². The molecule has 1 aliphatic rings. The molecule has 0 aromatic heterocycles. The van der Waals surface area contributed by atoms with E-state index < -0.39 is 0 Å². The third kappa shape index (κ3) is 3.92. The Morgan fingerprint density at radius 1 is 1.75 bits per heavy atom. The molecule has 0 aliphatic carbocycles. The van der Waals surface area contributed by atoms with E-state index in [4.69, 9.17) is 0 Å². The van der Waals surface area contributed by atoms with Gasteiger partial charge in [-0.05, 0) is 12.5 Å². The SMILES string of the molecule is C=CC(=O)SCCC1CSCS1. The normalized spacial score (nSPS) is 22.5. The van der Waals surface area contributed by atoms with Crippen molar-refractivity contribution >= 4 is 40.4 Å². The first kappa shape index (κ1) is 10.5. The number of hydrogen-bond donors (Lipinski definition) is 0. The van der Waals surface area contributed by atoms with E-state index in [9.17, 15) is 4.79 Å². The van der Waals surface area contributed by atoms with Crippen LogP contribution in [-0.2, 0) is 4.79 Å². The van der Waals surface area contributed by atoms with Gasteiger partial charge >= 0.3 is 0 Å². The van der Waals surface area contributed by atoms with Gasteiger partial charge in [-0.3, -0.25) is 4.79 Å². The van der Waals surface area contributed by atoms with Gasteiger partial charge in [0.05, 0.1) is 0 Å². The van der Waals surface area contributed by atoms with E-state index in [2.05, 4.69) is 6.58 Å². The van der Waals surface area contributed by atoms with Crippen LogP contribution in [0.2, 0.25) is 0 Å². The van der Waals surface area contributed by atoms with Crippen LogP contribution in [0, 0.1) is 0 Å². The topological polar surface area (TPSA) is 17.1 Å². The van der Waals surface area contributed by atoms with E-state index in [0.29, 0.717) is 0 Å². The fraction of sp³-hybridized carbons (Fsp3) is 0.625. The smallest absolute Gasteiger partial charge is 0.211 e. The maximum Gasteiger partial charge on any atom is 0.211 e. The quantitative estimate of drug-likeness (QED) is 0.677. The van der Waals surface area contributed by atoms with Crippen LogP contribution < -0.4 is 0 Å². The minimum absolute atomic E-state index is 0.102. The summed E-state index contributed by atoms with van der Waals surface area (Å²) in [5.41, 5.74) is 0. The lowest BCUT2D eigenvalue weighted by Crippen LogP contribution is -2.03. The van der Waals surface area contributed by atoms with Gasteiger partial charge in [0, 0.05) is 21.8 Å². The molecule has 0 amide bonds. The summed E-state index contributed by atoms with van der Waals surface area (Å²) in [5, 5.41) is 2.11. The van der Waals surface area contributed by atoms with Gasteiger partial charge in [-0.1, -0.05) is 18.3 Å². The summed E-state index contributed by atoms with van der Waals surface area (Å²) in [4.78, 5) is 10.8. The van der Waals surface area contributed by atoms with E-state index in [-0.39, 0.29) is 5.12 Å². The molecule has 1 rings (SSSR count). The number of rotatable bonds is 4. The first-order chi connectivity index (χ1) is 5.83. The van der Waals surface area contributed by atoms with Crippen molar-refractivity contribution in [2.75, 3.05) is 16.6 Å². The second kappa shape index (κ2) is 6.00. The maximum absolute atomic E-state index is 10.8. The molecule has 1 fully saturated rings. The Labute approximate surface area is 86.1 Å². The summed E-state index contributed by atoms with van der Waals surface area (Å²) in [6.45, 7) is 3.43. The number of thioether (sulfide) groups is 3. The molecule has 0 bridgehead atoms. The second-order valence-corrected chi connectivity index (χ2v) is 6.22. The highest BCUT2D eigenvalue weighted by atomic mass is 32.2. The maximum atomic E-state index is 10.8. The monoisotopic (exact) mass is 220 g/mol. The van der Waals surface area contributed by atoms with Crippen LogP contribution in [0.1, 0.15) is 6.42 Å². The van der Waals surface area contributed by atoms with E-state index in [0.717, 1.165) is 17.4 Å². The van der Waals surface area contributed by atoms with E-state index in [1.807, 2.05) is 23.5 Å². The molecule has 1 unspecified atom stereocenters. The van der Waals surface area contributed by atoms with Crippen LogP contribution in [0.4, 0.5) is 0 Å². The molecule has 0 N–H and O–H groups in total. The second-order valence-electron chi connectivity index (χ2n) is 2.44. The predicted octanol–water partition coefficient (Wildman–Crippen LogP) is 2.63. The van der Waals surface area contributed by atoms with Gasteiger partial charge in [0.15, 0.2) is 0 Å². The van der Waals surface area contributed by atoms with Crippen molar-refractivity contribution in [2.45, 2.75) is 11.7 Å². The van der Waals surface area contributed by atoms with Crippen molar-refractivity contribution in [1.29, 1.82) is 0 Å². The van der Waals surface area contributed by atoms with Crippen molar-refractivity contribution in [2.24, 2.45) is 0 Å².